The van der Waals surface area contributed by atoms with E-state index in [2.05, 4.69) is 10.6 Å². The maximum atomic E-state index is 12.2. The van der Waals surface area contributed by atoms with Crippen molar-refractivity contribution in [2.75, 3.05) is 41.1 Å². The van der Waals surface area contributed by atoms with Crippen molar-refractivity contribution in [2.24, 2.45) is 0 Å². The van der Waals surface area contributed by atoms with Gasteiger partial charge in [-0.15, -0.1) is 11.8 Å². The first-order valence-electron chi connectivity index (χ1n) is 8.06. The number of amides is 2. The Labute approximate surface area is 163 Å². The summed E-state index contributed by atoms with van der Waals surface area (Å²) in [6.45, 7) is 1.99. The molecule has 0 unspecified atom stereocenters. The molecule has 2 aromatic rings. The Kier molecular flexibility index (Phi) is 7.36. The van der Waals surface area contributed by atoms with E-state index in [-0.39, 0.29) is 23.3 Å². The minimum Gasteiger partial charge on any atom is -0.376 e. The second-order valence-corrected chi connectivity index (χ2v) is 7.43. The molecule has 0 aliphatic heterocycles. The van der Waals surface area contributed by atoms with Crippen LogP contribution in [0.2, 0.25) is 5.02 Å². The zero-order valence-corrected chi connectivity index (χ0v) is 16.6. The van der Waals surface area contributed by atoms with Crippen molar-refractivity contribution in [1.82, 2.24) is 0 Å². The lowest BCUT2D eigenvalue weighted by Crippen LogP contribution is -2.20. The van der Waals surface area contributed by atoms with Crippen molar-refractivity contribution in [1.29, 1.82) is 0 Å². The SMILES string of the molecule is Cc1ccc(NC(=O)CSCC(=O)Nc2cc(Cl)ccc2N(C)C)cc1. The number of rotatable bonds is 7. The standard InChI is InChI=1S/C19H22ClN3O2S/c1-13-4-7-15(8-5-13)21-18(24)11-26-12-19(25)22-16-10-14(20)6-9-17(16)23(2)3/h4-10H,11-12H2,1-3H3,(H,21,24)(H,22,25). The Morgan fingerprint density at radius 2 is 1.62 bits per heavy atom. The van der Waals surface area contributed by atoms with Gasteiger partial charge >= 0.3 is 0 Å². The van der Waals surface area contributed by atoms with Gasteiger partial charge in [0.2, 0.25) is 11.8 Å². The summed E-state index contributed by atoms with van der Waals surface area (Å²) < 4.78 is 0. The Morgan fingerprint density at radius 1 is 1.00 bits per heavy atom. The highest BCUT2D eigenvalue weighted by Crippen LogP contribution is 2.27. The van der Waals surface area contributed by atoms with Gasteiger partial charge in [0.15, 0.2) is 0 Å². The number of anilines is 3. The van der Waals surface area contributed by atoms with Crippen LogP contribution in [0.15, 0.2) is 42.5 Å². The first kappa shape index (κ1) is 20.1. The molecule has 138 valence electrons. The van der Waals surface area contributed by atoms with Crippen molar-refractivity contribution >= 4 is 52.2 Å². The van der Waals surface area contributed by atoms with Gasteiger partial charge in [0, 0.05) is 24.8 Å². The van der Waals surface area contributed by atoms with Crippen molar-refractivity contribution in [3.05, 3.63) is 53.1 Å². The van der Waals surface area contributed by atoms with Crippen molar-refractivity contribution in [3.8, 4) is 0 Å². The lowest BCUT2D eigenvalue weighted by Gasteiger charge is -2.18. The molecular formula is C19H22ClN3O2S. The number of carbonyl (C=O) groups excluding carboxylic acids is 2. The summed E-state index contributed by atoms with van der Waals surface area (Å²) in [5.41, 5.74) is 3.40. The van der Waals surface area contributed by atoms with Crippen LogP contribution >= 0.6 is 23.4 Å². The molecule has 0 radical (unpaired) electrons. The first-order chi connectivity index (χ1) is 12.3. The molecular weight excluding hydrogens is 370 g/mol. The second kappa shape index (κ2) is 9.50. The van der Waals surface area contributed by atoms with Crippen LogP contribution < -0.4 is 15.5 Å². The van der Waals surface area contributed by atoms with Gasteiger partial charge in [-0.05, 0) is 37.3 Å². The van der Waals surface area contributed by atoms with E-state index in [1.165, 1.54) is 11.8 Å². The molecule has 2 N–H and O–H groups in total. The lowest BCUT2D eigenvalue weighted by molar-refractivity contribution is -0.114. The summed E-state index contributed by atoms with van der Waals surface area (Å²) in [4.78, 5) is 26.0. The highest BCUT2D eigenvalue weighted by Gasteiger charge is 2.11. The Hall–Kier alpha value is -2.18. The molecule has 2 aromatic carbocycles. The zero-order chi connectivity index (χ0) is 19.1. The minimum atomic E-state index is -0.177. The van der Waals surface area contributed by atoms with E-state index in [9.17, 15) is 9.59 Å². The molecule has 5 nitrogen and oxygen atoms in total. The molecule has 26 heavy (non-hydrogen) atoms. The van der Waals surface area contributed by atoms with E-state index in [0.29, 0.717) is 10.7 Å². The molecule has 0 atom stereocenters. The monoisotopic (exact) mass is 391 g/mol. The molecule has 0 aliphatic carbocycles. The van der Waals surface area contributed by atoms with Crippen LogP contribution in [0, 0.1) is 6.92 Å². The highest BCUT2D eigenvalue weighted by molar-refractivity contribution is 8.00. The Morgan fingerprint density at radius 3 is 2.23 bits per heavy atom. The van der Waals surface area contributed by atoms with E-state index >= 15 is 0 Å². The number of nitrogens with one attached hydrogen (secondary N) is 2. The lowest BCUT2D eigenvalue weighted by atomic mass is 10.2. The summed E-state index contributed by atoms with van der Waals surface area (Å²) in [5, 5.41) is 6.21. The second-order valence-electron chi connectivity index (χ2n) is 6.01. The maximum absolute atomic E-state index is 12.2. The predicted molar refractivity (Wildman–Crippen MR) is 112 cm³/mol. The van der Waals surface area contributed by atoms with Crippen LogP contribution in [-0.2, 0) is 9.59 Å². The number of benzene rings is 2. The molecule has 0 spiro atoms. The van der Waals surface area contributed by atoms with Crippen molar-refractivity contribution in [3.63, 3.8) is 0 Å². The van der Waals surface area contributed by atoms with Crippen molar-refractivity contribution in [2.45, 2.75) is 6.92 Å². The summed E-state index contributed by atoms with van der Waals surface area (Å²) in [7, 11) is 3.78. The number of carbonyl (C=O) groups is 2. The summed E-state index contributed by atoms with van der Waals surface area (Å²) in [6, 6.07) is 12.9. The van der Waals surface area contributed by atoms with Crippen molar-refractivity contribution < 1.29 is 9.59 Å². The van der Waals surface area contributed by atoms with Gasteiger partial charge in [-0.1, -0.05) is 29.3 Å². The van der Waals surface area contributed by atoms with Gasteiger partial charge < -0.3 is 15.5 Å². The van der Waals surface area contributed by atoms with Crippen LogP contribution in [0.3, 0.4) is 0 Å². The smallest absolute Gasteiger partial charge is 0.234 e. The van der Waals surface area contributed by atoms with Crippen LogP contribution in [0.25, 0.3) is 0 Å². The average Bonchev–Trinajstić information content (AvgIpc) is 2.56. The molecule has 2 amide bonds. The average molecular weight is 392 g/mol. The van der Waals surface area contributed by atoms with Gasteiger partial charge in [-0.2, -0.15) is 0 Å². The molecule has 0 bridgehead atoms. The first-order valence-corrected chi connectivity index (χ1v) is 9.59. The van der Waals surface area contributed by atoms with Gasteiger partial charge in [-0.3, -0.25) is 9.59 Å². The van der Waals surface area contributed by atoms with E-state index in [0.717, 1.165) is 16.9 Å². The Balaban J connectivity index is 1.81. The van der Waals surface area contributed by atoms with E-state index in [4.69, 9.17) is 11.6 Å². The number of nitrogens with zero attached hydrogens (tertiary/aromatic N) is 1. The number of hydrogen-bond acceptors (Lipinski definition) is 4. The van der Waals surface area contributed by atoms with Gasteiger partial charge in [-0.25, -0.2) is 0 Å². The topological polar surface area (TPSA) is 61.4 Å². The fourth-order valence-corrected chi connectivity index (χ4v) is 3.04. The summed E-state index contributed by atoms with van der Waals surface area (Å²) in [5.74, 6) is 0.0739. The van der Waals surface area contributed by atoms with E-state index < -0.39 is 0 Å². The molecule has 0 aromatic heterocycles. The predicted octanol–water partition coefficient (Wildman–Crippen LogP) is 4.02. The largest absolute Gasteiger partial charge is 0.376 e. The van der Waals surface area contributed by atoms with Crippen LogP contribution in [0.4, 0.5) is 17.1 Å². The molecule has 0 saturated carbocycles. The van der Waals surface area contributed by atoms with E-state index in [1.54, 1.807) is 12.1 Å². The number of aryl methyl sites for hydroxylation is 1. The number of halogens is 1. The number of thioether (sulfide) groups is 1. The third kappa shape index (κ3) is 6.28. The minimum absolute atomic E-state index is 0.136. The van der Waals surface area contributed by atoms with Crippen LogP contribution in [0.1, 0.15) is 5.56 Å². The third-order valence-corrected chi connectivity index (χ3v) is 4.68. The zero-order valence-electron chi connectivity index (χ0n) is 15.0. The Bertz CT molecular complexity index is 779. The fraction of sp³-hybridized carbons (Fsp3) is 0.263. The molecule has 0 fully saturated rings. The molecule has 2 rings (SSSR count). The molecule has 0 saturated heterocycles. The summed E-state index contributed by atoms with van der Waals surface area (Å²) >= 11 is 7.27. The fourth-order valence-electron chi connectivity index (χ4n) is 2.26. The summed E-state index contributed by atoms with van der Waals surface area (Å²) in [6.07, 6.45) is 0. The maximum Gasteiger partial charge on any atom is 0.234 e. The van der Waals surface area contributed by atoms with E-state index in [1.807, 2.05) is 56.3 Å². The normalized spacial score (nSPS) is 10.3. The molecule has 7 heteroatoms. The van der Waals surface area contributed by atoms with Gasteiger partial charge in [0.1, 0.15) is 0 Å². The van der Waals surface area contributed by atoms with Gasteiger partial charge in [0.25, 0.3) is 0 Å². The van der Waals surface area contributed by atoms with Gasteiger partial charge in [0.05, 0.1) is 22.9 Å². The molecule has 0 heterocycles. The van der Waals surface area contributed by atoms with Crippen LogP contribution in [-0.4, -0.2) is 37.4 Å². The highest BCUT2D eigenvalue weighted by atomic mass is 35.5. The third-order valence-electron chi connectivity index (χ3n) is 3.52. The van der Waals surface area contributed by atoms with Crippen LogP contribution in [0.5, 0.6) is 0 Å². The quantitative estimate of drug-likeness (QED) is 0.748. The molecule has 0 aliphatic rings. The number of hydrogen-bond donors (Lipinski definition) is 2.